The van der Waals surface area contributed by atoms with Gasteiger partial charge >= 0.3 is 11.9 Å². The van der Waals surface area contributed by atoms with Crippen LogP contribution in [0.1, 0.15) is 18.6 Å². The standard InChI is InChI=1S/C13H11NO6/c1-8(15)20-12(11-6-7-19-13(11)16)9-2-4-10(5-3-9)14(17)18/h2-6,12H,7H2,1H3. The van der Waals surface area contributed by atoms with Gasteiger partial charge in [0.2, 0.25) is 0 Å². The molecule has 1 heterocycles. The molecule has 20 heavy (non-hydrogen) atoms. The number of cyclic esters (lactones) is 1. The summed E-state index contributed by atoms with van der Waals surface area (Å²) < 4.78 is 9.89. The van der Waals surface area contributed by atoms with Crippen molar-refractivity contribution in [2.75, 3.05) is 6.61 Å². The van der Waals surface area contributed by atoms with Crippen molar-refractivity contribution < 1.29 is 24.0 Å². The van der Waals surface area contributed by atoms with E-state index >= 15 is 0 Å². The van der Waals surface area contributed by atoms with Crippen molar-refractivity contribution >= 4 is 17.6 Å². The molecule has 0 amide bonds. The van der Waals surface area contributed by atoms with E-state index in [1.165, 1.54) is 37.3 Å². The summed E-state index contributed by atoms with van der Waals surface area (Å²) in [7, 11) is 0. The first-order chi connectivity index (χ1) is 9.49. The molecule has 0 bridgehead atoms. The average molecular weight is 277 g/mol. The van der Waals surface area contributed by atoms with Gasteiger partial charge in [0.25, 0.3) is 5.69 Å². The van der Waals surface area contributed by atoms with E-state index < -0.39 is 23.0 Å². The predicted molar refractivity (Wildman–Crippen MR) is 66.6 cm³/mol. The van der Waals surface area contributed by atoms with E-state index in [0.717, 1.165) is 0 Å². The van der Waals surface area contributed by atoms with E-state index in [0.29, 0.717) is 5.56 Å². The zero-order valence-electron chi connectivity index (χ0n) is 10.6. The lowest BCUT2D eigenvalue weighted by Gasteiger charge is -2.16. The number of hydrogen-bond donors (Lipinski definition) is 0. The highest BCUT2D eigenvalue weighted by Crippen LogP contribution is 2.30. The highest BCUT2D eigenvalue weighted by molar-refractivity contribution is 5.92. The minimum Gasteiger partial charge on any atom is -0.458 e. The summed E-state index contributed by atoms with van der Waals surface area (Å²) >= 11 is 0. The monoisotopic (exact) mass is 277 g/mol. The highest BCUT2D eigenvalue weighted by Gasteiger charge is 2.30. The summed E-state index contributed by atoms with van der Waals surface area (Å²) in [6.07, 6.45) is 0.612. The van der Waals surface area contributed by atoms with Crippen LogP contribution in [0.15, 0.2) is 35.9 Å². The third kappa shape index (κ3) is 2.82. The zero-order chi connectivity index (χ0) is 14.7. The maximum atomic E-state index is 11.6. The molecule has 104 valence electrons. The van der Waals surface area contributed by atoms with Crippen molar-refractivity contribution in [3.05, 3.63) is 51.6 Å². The number of carbonyl (C=O) groups excluding carboxylic acids is 2. The van der Waals surface area contributed by atoms with Gasteiger partial charge in [0.1, 0.15) is 6.61 Å². The quantitative estimate of drug-likeness (QED) is 0.472. The third-order valence-corrected chi connectivity index (χ3v) is 2.73. The van der Waals surface area contributed by atoms with Crippen LogP contribution in [0.25, 0.3) is 0 Å². The number of nitro benzene ring substituents is 1. The molecule has 1 aromatic carbocycles. The fraction of sp³-hybridized carbons (Fsp3) is 0.231. The largest absolute Gasteiger partial charge is 0.458 e. The molecule has 0 radical (unpaired) electrons. The Labute approximate surface area is 113 Å². The summed E-state index contributed by atoms with van der Waals surface area (Å²) in [5.41, 5.74) is 0.600. The van der Waals surface area contributed by atoms with Crippen LogP contribution in [0, 0.1) is 10.1 Å². The first-order valence-corrected chi connectivity index (χ1v) is 5.78. The van der Waals surface area contributed by atoms with Crippen molar-refractivity contribution in [2.24, 2.45) is 0 Å². The smallest absolute Gasteiger partial charge is 0.338 e. The lowest BCUT2D eigenvalue weighted by Crippen LogP contribution is -2.15. The van der Waals surface area contributed by atoms with Gasteiger partial charge in [-0.1, -0.05) is 0 Å². The number of ether oxygens (including phenoxy) is 2. The Balaban J connectivity index is 2.33. The Morgan fingerprint density at radius 2 is 2.05 bits per heavy atom. The second kappa shape index (κ2) is 5.52. The van der Waals surface area contributed by atoms with Crippen LogP contribution in [0.3, 0.4) is 0 Å². The molecule has 1 aliphatic rings. The van der Waals surface area contributed by atoms with E-state index in [1.54, 1.807) is 0 Å². The summed E-state index contributed by atoms with van der Waals surface area (Å²) in [6, 6.07) is 5.45. The summed E-state index contributed by atoms with van der Waals surface area (Å²) in [4.78, 5) is 32.8. The second-order valence-corrected chi connectivity index (χ2v) is 4.10. The molecule has 2 rings (SSSR count). The average Bonchev–Trinajstić information content (AvgIpc) is 2.82. The molecule has 1 aromatic rings. The number of hydrogen-bond acceptors (Lipinski definition) is 6. The molecule has 0 aromatic heterocycles. The lowest BCUT2D eigenvalue weighted by molar-refractivity contribution is -0.384. The Morgan fingerprint density at radius 3 is 2.50 bits per heavy atom. The molecular weight excluding hydrogens is 266 g/mol. The molecule has 0 saturated carbocycles. The molecule has 7 heteroatoms. The van der Waals surface area contributed by atoms with Crippen molar-refractivity contribution in [3.8, 4) is 0 Å². The van der Waals surface area contributed by atoms with Crippen LogP contribution in [0.2, 0.25) is 0 Å². The highest BCUT2D eigenvalue weighted by atomic mass is 16.6. The first-order valence-electron chi connectivity index (χ1n) is 5.78. The van der Waals surface area contributed by atoms with Gasteiger partial charge < -0.3 is 9.47 Å². The fourth-order valence-corrected chi connectivity index (χ4v) is 1.84. The zero-order valence-corrected chi connectivity index (χ0v) is 10.6. The van der Waals surface area contributed by atoms with Crippen molar-refractivity contribution in [1.29, 1.82) is 0 Å². The van der Waals surface area contributed by atoms with Gasteiger partial charge in [0.05, 0.1) is 10.5 Å². The molecule has 1 unspecified atom stereocenters. The van der Waals surface area contributed by atoms with Crippen LogP contribution in [-0.2, 0) is 19.1 Å². The van der Waals surface area contributed by atoms with E-state index in [2.05, 4.69) is 0 Å². The number of carbonyl (C=O) groups is 2. The van der Waals surface area contributed by atoms with Gasteiger partial charge in [0.15, 0.2) is 6.10 Å². The fourth-order valence-electron chi connectivity index (χ4n) is 1.84. The number of nitrogens with zero attached hydrogens (tertiary/aromatic N) is 1. The van der Waals surface area contributed by atoms with Gasteiger partial charge in [-0.2, -0.15) is 0 Å². The summed E-state index contributed by atoms with van der Waals surface area (Å²) in [5.74, 6) is -1.12. The van der Waals surface area contributed by atoms with Gasteiger partial charge in [-0.3, -0.25) is 14.9 Å². The maximum Gasteiger partial charge on any atom is 0.338 e. The molecule has 7 nitrogen and oxygen atoms in total. The molecule has 0 N–H and O–H groups in total. The number of benzene rings is 1. The Morgan fingerprint density at radius 1 is 1.40 bits per heavy atom. The molecule has 0 aliphatic carbocycles. The number of nitro groups is 1. The Kier molecular flexibility index (Phi) is 3.79. The first kappa shape index (κ1) is 13.7. The van der Waals surface area contributed by atoms with Crippen molar-refractivity contribution in [2.45, 2.75) is 13.0 Å². The normalized spacial score (nSPS) is 15.2. The van der Waals surface area contributed by atoms with Crippen LogP contribution >= 0.6 is 0 Å². The van der Waals surface area contributed by atoms with E-state index in [-0.39, 0.29) is 17.9 Å². The molecular formula is C13H11NO6. The lowest BCUT2D eigenvalue weighted by atomic mass is 10.0. The van der Waals surface area contributed by atoms with Crippen LogP contribution in [0.4, 0.5) is 5.69 Å². The maximum absolute atomic E-state index is 11.6. The van der Waals surface area contributed by atoms with Crippen LogP contribution in [0.5, 0.6) is 0 Å². The van der Waals surface area contributed by atoms with E-state index in [4.69, 9.17) is 9.47 Å². The third-order valence-electron chi connectivity index (χ3n) is 2.73. The van der Waals surface area contributed by atoms with Gasteiger partial charge in [-0.05, 0) is 23.8 Å². The predicted octanol–water partition coefficient (Wildman–Crippen LogP) is 1.68. The molecule has 1 atom stereocenters. The number of rotatable bonds is 4. The Bertz CT molecular complexity index is 589. The molecule has 0 spiro atoms. The molecule has 1 aliphatic heterocycles. The van der Waals surface area contributed by atoms with Crippen molar-refractivity contribution in [1.82, 2.24) is 0 Å². The van der Waals surface area contributed by atoms with Crippen molar-refractivity contribution in [3.63, 3.8) is 0 Å². The Hall–Kier alpha value is -2.70. The summed E-state index contributed by atoms with van der Waals surface area (Å²) in [5, 5.41) is 10.6. The SMILES string of the molecule is CC(=O)OC(C1=CCOC1=O)c1ccc([N+](=O)[O-])cc1. The van der Waals surface area contributed by atoms with Crippen LogP contribution in [-0.4, -0.2) is 23.5 Å². The minimum atomic E-state index is -0.914. The van der Waals surface area contributed by atoms with Gasteiger partial charge in [-0.25, -0.2) is 4.79 Å². The number of esters is 2. The van der Waals surface area contributed by atoms with E-state index in [1.807, 2.05) is 0 Å². The van der Waals surface area contributed by atoms with Gasteiger partial charge in [-0.15, -0.1) is 0 Å². The second-order valence-electron chi connectivity index (χ2n) is 4.10. The van der Waals surface area contributed by atoms with Crippen LogP contribution < -0.4 is 0 Å². The molecule has 0 saturated heterocycles. The van der Waals surface area contributed by atoms with Gasteiger partial charge in [0, 0.05) is 19.1 Å². The number of non-ortho nitro benzene ring substituents is 1. The summed E-state index contributed by atoms with van der Waals surface area (Å²) in [6.45, 7) is 1.35. The van der Waals surface area contributed by atoms with E-state index in [9.17, 15) is 19.7 Å². The topological polar surface area (TPSA) is 95.7 Å². The molecule has 0 fully saturated rings. The minimum absolute atomic E-state index is 0.0849.